The second kappa shape index (κ2) is 5.63. The van der Waals surface area contributed by atoms with Crippen molar-refractivity contribution in [3.8, 4) is 17.7 Å². The third-order valence-corrected chi connectivity index (χ3v) is 2.89. The lowest BCUT2D eigenvalue weighted by Crippen LogP contribution is -2.03. The zero-order valence-corrected chi connectivity index (χ0v) is 11.8. The maximum Gasteiger partial charge on any atom is 0.328 e. The molecule has 0 aliphatic rings. The molecule has 0 fully saturated rings. The lowest BCUT2D eigenvalue weighted by atomic mass is 10.3. The Balaban J connectivity index is 1.98. The molecular weight excluding hydrogens is 320 g/mol. The van der Waals surface area contributed by atoms with Gasteiger partial charge in [-0.15, -0.1) is 0 Å². The van der Waals surface area contributed by atoms with E-state index in [1.165, 1.54) is 23.0 Å². The first kappa shape index (κ1) is 13.7. The molecule has 1 aromatic carbocycles. The third kappa shape index (κ3) is 2.93. The monoisotopic (exact) mass is 325 g/mol. The Bertz CT molecular complexity index is 781. The number of aromatic nitrogens is 5. The molecule has 0 aliphatic carbocycles. The molecule has 0 bridgehead atoms. The Morgan fingerprint density at radius 2 is 2.00 bits per heavy atom. The average Bonchev–Trinajstić information content (AvgIpc) is 2.97. The van der Waals surface area contributed by atoms with E-state index in [1.54, 1.807) is 18.5 Å². The van der Waals surface area contributed by atoms with E-state index >= 15 is 0 Å². The molecule has 3 rings (SSSR count). The van der Waals surface area contributed by atoms with E-state index < -0.39 is 5.82 Å². The molecule has 0 atom stereocenters. The zero-order chi connectivity index (χ0) is 14.8. The quantitative estimate of drug-likeness (QED) is 0.739. The summed E-state index contributed by atoms with van der Waals surface area (Å²) in [5.41, 5.74) is 0. The van der Waals surface area contributed by atoms with Crippen LogP contribution in [0.3, 0.4) is 0 Å². The van der Waals surface area contributed by atoms with Gasteiger partial charge >= 0.3 is 6.01 Å². The molecule has 0 amide bonds. The van der Waals surface area contributed by atoms with Gasteiger partial charge in [-0.3, -0.25) is 4.57 Å². The minimum absolute atomic E-state index is 0.0671. The summed E-state index contributed by atoms with van der Waals surface area (Å²) in [6.45, 7) is 0. The van der Waals surface area contributed by atoms with Crippen molar-refractivity contribution < 1.29 is 9.13 Å². The van der Waals surface area contributed by atoms with Gasteiger partial charge in [-0.05, 0) is 23.7 Å². The summed E-state index contributed by atoms with van der Waals surface area (Å²) < 4.78 is 20.6. The number of halogens is 3. The number of rotatable bonds is 3. The van der Waals surface area contributed by atoms with E-state index in [0.29, 0.717) is 0 Å². The maximum atomic E-state index is 13.8. The fourth-order valence-electron chi connectivity index (χ4n) is 1.52. The van der Waals surface area contributed by atoms with Crippen LogP contribution in [0.15, 0.2) is 36.9 Å². The molecule has 0 unspecified atom stereocenters. The summed E-state index contributed by atoms with van der Waals surface area (Å²) in [5, 5.41) is -0.159. The minimum Gasteiger partial charge on any atom is -0.421 e. The van der Waals surface area contributed by atoms with Gasteiger partial charge < -0.3 is 4.74 Å². The first-order valence-electron chi connectivity index (χ1n) is 5.65. The van der Waals surface area contributed by atoms with Crippen LogP contribution in [0.4, 0.5) is 4.39 Å². The van der Waals surface area contributed by atoms with Gasteiger partial charge in [-0.25, -0.2) is 9.37 Å². The first-order valence-corrected chi connectivity index (χ1v) is 6.41. The number of ether oxygens (including phenoxy) is 1. The topological polar surface area (TPSA) is 65.7 Å². The van der Waals surface area contributed by atoms with Crippen molar-refractivity contribution in [2.75, 3.05) is 0 Å². The van der Waals surface area contributed by atoms with Crippen molar-refractivity contribution in [3.63, 3.8) is 0 Å². The summed E-state index contributed by atoms with van der Waals surface area (Å²) in [7, 11) is 0. The molecule has 0 saturated heterocycles. The lowest BCUT2D eigenvalue weighted by molar-refractivity contribution is 0.408. The average molecular weight is 326 g/mol. The third-order valence-electron chi connectivity index (χ3n) is 2.43. The predicted octanol–water partition coefficient (Wildman–Crippen LogP) is 3.30. The van der Waals surface area contributed by atoms with Crippen LogP contribution in [0, 0.1) is 5.82 Å². The van der Waals surface area contributed by atoms with E-state index in [1.807, 2.05) is 0 Å². The van der Waals surface area contributed by atoms with Crippen LogP contribution in [0.5, 0.6) is 11.8 Å². The number of nitrogens with zero attached hydrogens (tertiary/aromatic N) is 5. The van der Waals surface area contributed by atoms with Crippen molar-refractivity contribution in [1.82, 2.24) is 24.5 Å². The Kier molecular flexibility index (Phi) is 3.68. The molecule has 0 spiro atoms. The molecule has 2 aromatic heterocycles. The van der Waals surface area contributed by atoms with Crippen LogP contribution >= 0.6 is 23.2 Å². The zero-order valence-electron chi connectivity index (χ0n) is 10.2. The first-order chi connectivity index (χ1) is 10.1. The van der Waals surface area contributed by atoms with Crippen LogP contribution in [0.2, 0.25) is 10.3 Å². The molecular formula is C12H6Cl2FN5O. The van der Waals surface area contributed by atoms with Crippen LogP contribution < -0.4 is 4.74 Å². The highest BCUT2D eigenvalue weighted by Crippen LogP contribution is 2.27. The molecule has 21 heavy (non-hydrogen) atoms. The van der Waals surface area contributed by atoms with E-state index in [0.717, 1.165) is 0 Å². The second-order valence-corrected chi connectivity index (χ2v) is 4.56. The van der Waals surface area contributed by atoms with E-state index in [4.69, 9.17) is 27.9 Å². The highest BCUT2D eigenvalue weighted by atomic mass is 35.5. The van der Waals surface area contributed by atoms with Crippen LogP contribution in [0.25, 0.3) is 5.95 Å². The summed E-state index contributed by atoms with van der Waals surface area (Å²) in [4.78, 5) is 15.6. The second-order valence-electron chi connectivity index (χ2n) is 3.81. The van der Waals surface area contributed by atoms with Crippen molar-refractivity contribution in [2.45, 2.75) is 0 Å². The van der Waals surface area contributed by atoms with Crippen molar-refractivity contribution in [3.05, 3.63) is 53.0 Å². The smallest absolute Gasteiger partial charge is 0.328 e. The molecule has 9 heteroatoms. The maximum absolute atomic E-state index is 13.8. The van der Waals surface area contributed by atoms with Crippen molar-refractivity contribution >= 4 is 23.2 Å². The van der Waals surface area contributed by atoms with Gasteiger partial charge in [0.25, 0.3) is 0 Å². The number of benzene rings is 1. The normalized spacial score (nSPS) is 10.6. The standard InChI is InChI=1S/C12H6Cl2FN5O/c13-7-2-1-3-8(9(7)15)21-12-18-10(14)17-11(19-12)20-5-4-16-6-20/h1-6H. The number of imidazole rings is 1. The molecule has 3 aromatic rings. The molecule has 0 saturated carbocycles. The van der Waals surface area contributed by atoms with Crippen LogP contribution in [-0.2, 0) is 0 Å². The molecule has 0 N–H and O–H groups in total. The van der Waals surface area contributed by atoms with Crippen molar-refractivity contribution in [1.29, 1.82) is 0 Å². The molecule has 0 aliphatic heterocycles. The van der Waals surface area contributed by atoms with E-state index in [9.17, 15) is 4.39 Å². The lowest BCUT2D eigenvalue weighted by Gasteiger charge is -2.07. The van der Waals surface area contributed by atoms with Gasteiger partial charge in [0.1, 0.15) is 6.33 Å². The summed E-state index contributed by atoms with van der Waals surface area (Å²) in [5.74, 6) is -0.619. The Morgan fingerprint density at radius 3 is 2.76 bits per heavy atom. The van der Waals surface area contributed by atoms with Gasteiger partial charge in [-0.1, -0.05) is 17.7 Å². The van der Waals surface area contributed by atoms with E-state index in [-0.39, 0.29) is 28.0 Å². The Morgan fingerprint density at radius 1 is 1.14 bits per heavy atom. The molecule has 6 nitrogen and oxygen atoms in total. The highest BCUT2D eigenvalue weighted by molar-refractivity contribution is 6.30. The molecule has 106 valence electrons. The summed E-state index contributed by atoms with van der Waals surface area (Å²) >= 11 is 11.5. The van der Waals surface area contributed by atoms with Gasteiger partial charge in [0.05, 0.1) is 5.02 Å². The van der Waals surface area contributed by atoms with Gasteiger partial charge in [-0.2, -0.15) is 15.0 Å². The SMILES string of the molecule is Fc1c(Cl)cccc1Oc1nc(Cl)nc(-n2ccnc2)n1. The highest BCUT2D eigenvalue weighted by Gasteiger charge is 2.13. The van der Waals surface area contributed by atoms with Gasteiger partial charge in [0, 0.05) is 12.4 Å². The molecule has 0 radical (unpaired) electrons. The van der Waals surface area contributed by atoms with Crippen LogP contribution in [-0.4, -0.2) is 24.5 Å². The Hall–Kier alpha value is -2.25. The predicted molar refractivity (Wildman–Crippen MR) is 73.4 cm³/mol. The van der Waals surface area contributed by atoms with E-state index in [2.05, 4.69) is 19.9 Å². The fraction of sp³-hybridized carbons (Fsp3) is 0. The Labute approximate surface area is 128 Å². The minimum atomic E-state index is -0.708. The summed E-state index contributed by atoms with van der Waals surface area (Å²) in [6.07, 6.45) is 4.65. The number of hydrogen-bond acceptors (Lipinski definition) is 5. The summed E-state index contributed by atoms with van der Waals surface area (Å²) in [6, 6.07) is 4.19. The molecule has 2 heterocycles. The van der Waals surface area contributed by atoms with Crippen molar-refractivity contribution in [2.24, 2.45) is 0 Å². The number of hydrogen-bond donors (Lipinski definition) is 0. The van der Waals surface area contributed by atoms with Gasteiger partial charge in [0.15, 0.2) is 11.6 Å². The largest absolute Gasteiger partial charge is 0.421 e. The van der Waals surface area contributed by atoms with Gasteiger partial charge in [0.2, 0.25) is 11.2 Å². The van der Waals surface area contributed by atoms with Crippen LogP contribution in [0.1, 0.15) is 0 Å². The fourth-order valence-corrected chi connectivity index (χ4v) is 1.84.